The molecule has 2 aromatic carbocycles. The van der Waals surface area contributed by atoms with Gasteiger partial charge >= 0.3 is 0 Å². The van der Waals surface area contributed by atoms with Crippen molar-refractivity contribution in [3.8, 4) is 5.75 Å². The van der Waals surface area contributed by atoms with Crippen molar-refractivity contribution in [3.05, 3.63) is 65.7 Å². The van der Waals surface area contributed by atoms with Gasteiger partial charge in [-0.15, -0.1) is 0 Å². The van der Waals surface area contributed by atoms with Gasteiger partial charge in [-0.3, -0.25) is 0 Å². The third-order valence-corrected chi connectivity index (χ3v) is 3.82. The van der Waals surface area contributed by atoms with Crippen LogP contribution in [0.3, 0.4) is 0 Å². The summed E-state index contributed by atoms with van der Waals surface area (Å²) in [4.78, 5) is 0. The van der Waals surface area contributed by atoms with E-state index in [1.54, 1.807) is 12.1 Å². The Labute approximate surface area is 102 Å². The Kier molecular flexibility index (Phi) is 2.60. The lowest BCUT2D eigenvalue weighted by molar-refractivity contribution is 0.346. The van der Waals surface area contributed by atoms with Gasteiger partial charge in [-0.25, -0.2) is 0 Å². The molecule has 0 amide bonds. The Balaban J connectivity index is 1.84. The van der Waals surface area contributed by atoms with Crippen LogP contribution >= 0.6 is 0 Å². The lowest BCUT2D eigenvalue weighted by Crippen LogP contribution is -2.21. The van der Waals surface area contributed by atoms with E-state index in [1.807, 2.05) is 0 Å². The van der Waals surface area contributed by atoms with Crippen LogP contribution in [0.1, 0.15) is 35.8 Å². The molecule has 0 aromatic heterocycles. The minimum atomic E-state index is 0.351. The maximum atomic E-state index is 9.31. The molecule has 86 valence electrons. The van der Waals surface area contributed by atoms with Crippen LogP contribution in [0.15, 0.2) is 54.6 Å². The fourth-order valence-corrected chi connectivity index (χ4v) is 2.72. The summed E-state index contributed by atoms with van der Waals surface area (Å²) in [7, 11) is 0. The van der Waals surface area contributed by atoms with Crippen LogP contribution in [0.4, 0.5) is 0 Å². The van der Waals surface area contributed by atoms with Gasteiger partial charge in [0, 0.05) is 0 Å². The molecular formula is C16H16O. The highest BCUT2D eigenvalue weighted by Gasteiger charge is 2.32. The number of rotatable bonds is 2. The first-order valence-electron chi connectivity index (χ1n) is 6.18. The van der Waals surface area contributed by atoms with Gasteiger partial charge in [-0.05, 0) is 47.9 Å². The summed E-state index contributed by atoms with van der Waals surface area (Å²) in [5, 5.41) is 9.31. The van der Waals surface area contributed by atoms with Crippen molar-refractivity contribution in [1.29, 1.82) is 0 Å². The van der Waals surface area contributed by atoms with E-state index in [1.165, 1.54) is 24.0 Å². The molecular weight excluding hydrogens is 208 g/mol. The predicted molar refractivity (Wildman–Crippen MR) is 69.3 cm³/mol. The van der Waals surface area contributed by atoms with Gasteiger partial charge in [0.15, 0.2) is 0 Å². The minimum Gasteiger partial charge on any atom is -0.508 e. The standard InChI is InChI=1S/C16H16O/c17-14-8-6-13(7-9-14)16-11-10-15(16)12-4-2-1-3-5-12/h1-9,15-17H,10-11H2. The van der Waals surface area contributed by atoms with E-state index in [0.29, 0.717) is 17.6 Å². The molecule has 2 atom stereocenters. The van der Waals surface area contributed by atoms with Crippen LogP contribution < -0.4 is 0 Å². The molecule has 1 heteroatoms. The average Bonchev–Trinajstić information content (AvgIpc) is 2.32. The highest BCUT2D eigenvalue weighted by atomic mass is 16.3. The second-order valence-corrected chi connectivity index (χ2v) is 4.79. The van der Waals surface area contributed by atoms with E-state index in [4.69, 9.17) is 0 Å². The molecule has 1 aliphatic carbocycles. The lowest BCUT2D eigenvalue weighted by Gasteiger charge is -2.37. The van der Waals surface area contributed by atoms with Crippen molar-refractivity contribution in [3.63, 3.8) is 0 Å². The number of aromatic hydroxyl groups is 1. The summed E-state index contributed by atoms with van der Waals surface area (Å²) in [6, 6.07) is 18.4. The van der Waals surface area contributed by atoms with Crippen molar-refractivity contribution in [2.75, 3.05) is 0 Å². The zero-order valence-corrected chi connectivity index (χ0v) is 9.71. The summed E-state index contributed by atoms with van der Waals surface area (Å²) >= 11 is 0. The fraction of sp³-hybridized carbons (Fsp3) is 0.250. The van der Waals surface area contributed by atoms with E-state index in [-0.39, 0.29) is 0 Å². The molecule has 0 aliphatic heterocycles. The van der Waals surface area contributed by atoms with E-state index in [9.17, 15) is 5.11 Å². The van der Waals surface area contributed by atoms with Gasteiger partial charge in [0.05, 0.1) is 0 Å². The molecule has 17 heavy (non-hydrogen) atoms. The normalized spacial score (nSPS) is 23.1. The van der Waals surface area contributed by atoms with Crippen molar-refractivity contribution in [2.24, 2.45) is 0 Å². The molecule has 2 unspecified atom stereocenters. The molecule has 0 spiro atoms. The number of hydrogen-bond acceptors (Lipinski definition) is 1. The summed E-state index contributed by atoms with van der Waals surface area (Å²) in [5.74, 6) is 1.63. The zero-order chi connectivity index (χ0) is 11.7. The fourth-order valence-electron chi connectivity index (χ4n) is 2.72. The molecule has 0 saturated heterocycles. The van der Waals surface area contributed by atoms with Crippen LogP contribution in [0.5, 0.6) is 5.75 Å². The highest BCUT2D eigenvalue weighted by Crippen LogP contribution is 2.49. The van der Waals surface area contributed by atoms with E-state index in [0.717, 1.165) is 0 Å². The molecule has 3 rings (SSSR count). The van der Waals surface area contributed by atoms with Gasteiger partial charge in [0.2, 0.25) is 0 Å². The largest absolute Gasteiger partial charge is 0.508 e. The SMILES string of the molecule is Oc1ccc(C2CCC2c2ccccc2)cc1. The van der Waals surface area contributed by atoms with Crippen molar-refractivity contribution in [2.45, 2.75) is 24.7 Å². The first-order chi connectivity index (χ1) is 8.34. The van der Waals surface area contributed by atoms with E-state index in [2.05, 4.69) is 42.5 Å². The topological polar surface area (TPSA) is 20.2 Å². The lowest BCUT2D eigenvalue weighted by atomic mass is 9.67. The second kappa shape index (κ2) is 4.25. The average molecular weight is 224 g/mol. The summed E-state index contributed by atoms with van der Waals surface area (Å²) in [6.07, 6.45) is 2.53. The van der Waals surface area contributed by atoms with E-state index < -0.39 is 0 Å². The van der Waals surface area contributed by atoms with Crippen LogP contribution in [0.2, 0.25) is 0 Å². The molecule has 0 radical (unpaired) electrons. The quantitative estimate of drug-likeness (QED) is 0.815. The zero-order valence-electron chi connectivity index (χ0n) is 9.71. The Morgan fingerprint density at radius 3 is 1.76 bits per heavy atom. The Morgan fingerprint density at radius 1 is 0.706 bits per heavy atom. The summed E-state index contributed by atoms with van der Waals surface area (Å²) in [6.45, 7) is 0. The first-order valence-corrected chi connectivity index (χ1v) is 6.18. The minimum absolute atomic E-state index is 0.351. The number of phenolic OH excluding ortho intramolecular Hbond substituents is 1. The van der Waals surface area contributed by atoms with Crippen LogP contribution in [-0.4, -0.2) is 5.11 Å². The summed E-state index contributed by atoms with van der Waals surface area (Å²) < 4.78 is 0. The molecule has 1 aliphatic rings. The Bertz CT molecular complexity index is 487. The maximum absolute atomic E-state index is 9.31. The maximum Gasteiger partial charge on any atom is 0.115 e. The molecule has 1 nitrogen and oxygen atoms in total. The number of phenols is 1. The predicted octanol–water partition coefficient (Wildman–Crippen LogP) is 4.05. The number of hydrogen-bond donors (Lipinski definition) is 1. The van der Waals surface area contributed by atoms with Gasteiger partial charge in [-0.1, -0.05) is 42.5 Å². The van der Waals surface area contributed by atoms with Crippen LogP contribution in [0, 0.1) is 0 Å². The summed E-state index contributed by atoms with van der Waals surface area (Å²) in [5.41, 5.74) is 2.79. The third kappa shape index (κ3) is 1.93. The Hall–Kier alpha value is -1.76. The molecule has 1 saturated carbocycles. The van der Waals surface area contributed by atoms with Crippen molar-refractivity contribution in [1.82, 2.24) is 0 Å². The molecule has 0 bridgehead atoms. The monoisotopic (exact) mass is 224 g/mol. The molecule has 0 heterocycles. The second-order valence-electron chi connectivity index (χ2n) is 4.79. The van der Waals surface area contributed by atoms with Crippen molar-refractivity contribution >= 4 is 0 Å². The van der Waals surface area contributed by atoms with Gasteiger partial charge in [-0.2, -0.15) is 0 Å². The highest BCUT2D eigenvalue weighted by molar-refractivity contribution is 5.34. The molecule has 1 N–H and O–H groups in total. The molecule has 1 fully saturated rings. The third-order valence-electron chi connectivity index (χ3n) is 3.82. The van der Waals surface area contributed by atoms with Gasteiger partial charge in [0.1, 0.15) is 5.75 Å². The van der Waals surface area contributed by atoms with E-state index >= 15 is 0 Å². The first kappa shape index (κ1) is 10.4. The Morgan fingerprint density at radius 2 is 1.24 bits per heavy atom. The van der Waals surface area contributed by atoms with Crippen molar-refractivity contribution < 1.29 is 5.11 Å². The molecule has 2 aromatic rings. The van der Waals surface area contributed by atoms with Gasteiger partial charge < -0.3 is 5.11 Å². The van der Waals surface area contributed by atoms with Gasteiger partial charge in [0.25, 0.3) is 0 Å². The van der Waals surface area contributed by atoms with Crippen LogP contribution in [0.25, 0.3) is 0 Å². The number of benzene rings is 2. The smallest absolute Gasteiger partial charge is 0.115 e. The van der Waals surface area contributed by atoms with Crippen LogP contribution in [-0.2, 0) is 0 Å².